The van der Waals surface area contributed by atoms with Gasteiger partial charge >= 0.3 is 0 Å². The second-order valence-electron chi connectivity index (χ2n) is 2.84. The standard InChI is InChI=1S/C10H18O/c1-4-5-6-8-11-9-7-10(2)3/h9H,4-6,8H2,1-3H3. The molecule has 0 bridgehead atoms. The molecule has 0 aromatic rings. The quantitative estimate of drug-likeness (QED) is 0.335. The van der Waals surface area contributed by atoms with Crippen molar-refractivity contribution in [2.24, 2.45) is 0 Å². The lowest BCUT2D eigenvalue weighted by atomic mass is 10.3. The first-order valence-corrected chi connectivity index (χ1v) is 4.27. The van der Waals surface area contributed by atoms with E-state index in [4.69, 9.17) is 4.74 Å². The van der Waals surface area contributed by atoms with Crippen LogP contribution in [0.2, 0.25) is 0 Å². The molecule has 0 aliphatic carbocycles. The Bertz CT molecular complexity index is 137. The van der Waals surface area contributed by atoms with Gasteiger partial charge in [-0.1, -0.05) is 25.5 Å². The molecule has 0 saturated heterocycles. The monoisotopic (exact) mass is 154 g/mol. The molecule has 0 unspecified atom stereocenters. The summed E-state index contributed by atoms with van der Waals surface area (Å²) in [7, 11) is 0. The van der Waals surface area contributed by atoms with Crippen molar-refractivity contribution in [2.45, 2.75) is 40.0 Å². The molecule has 1 nitrogen and oxygen atoms in total. The fourth-order valence-corrected chi connectivity index (χ4v) is 0.654. The van der Waals surface area contributed by atoms with Crippen LogP contribution in [0.25, 0.3) is 0 Å². The number of unbranched alkanes of at least 4 members (excludes halogenated alkanes) is 2. The van der Waals surface area contributed by atoms with E-state index in [2.05, 4.69) is 12.7 Å². The molecule has 0 aliphatic heterocycles. The van der Waals surface area contributed by atoms with Crippen molar-refractivity contribution >= 4 is 0 Å². The van der Waals surface area contributed by atoms with Crippen molar-refractivity contribution in [3.63, 3.8) is 0 Å². The molecule has 64 valence electrons. The third-order valence-corrected chi connectivity index (χ3v) is 1.30. The van der Waals surface area contributed by atoms with Crippen LogP contribution < -0.4 is 0 Å². The van der Waals surface area contributed by atoms with Crippen LogP contribution in [-0.2, 0) is 4.74 Å². The fraction of sp³-hybridized carbons (Fsp3) is 0.700. The molecule has 0 radical (unpaired) electrons. The predicted octanol–water partition coefficient (Wildman–Crippen LogP) is 3.27. The van der Waals surface area contributed by atoms with Crippen LogP contribution in [0, 0.1) is 0 Å². The van der Waals surface area contributed by atoms with Crippen LogP contribution in [-0.4, -0.2) is 6.61 Å². The van der Waals surface area contributed by atoms with E-state index < -0.39 is 0 Å². The minimum Gasteiger partial charge on any atom is -0.493 e. The van der Waals surface area contributed by atoms with Crippen molar-refractivity contribution in [2.75, 3.05) is 6.61 Å². The van der Waals surface area contributed by atoms with Crippen molar-refractivity contribution in [3.8, 4) is 0 Å². The first kappa shape index (κ1) is 10.3. The highest BCUT2D eigenvalue weighted by Crippen LogP contribution is 1.94. The van der Waals surface area contributed by atoms with Gasteiger partial charge in [0.25, 0.3) is 0 Å². The molecule has 1 heteroatoms. The van der Waals surface area contributed by atoms with Gasteiger partial charge in [-0.05, 0) is 25.8 Å². The Morgan fingerprint density at radius 2 is 2.09 bits per heavy atom. The highest BCUT2D eigenvalue weighted by Gasteiger charge is 1.82. The van der Waals surface area contributed by atoms with E-state index in [-0.39, 0.29) is 0 Å². The summed E-state index contributed by atoms with van der Waals surface area (Å²) in [6.45, 7) is 7.03. The summed E-state index contributed by atoms with van der Waals surface area (Å²) in [4.78, 5) is 0. The summed E-state index contributed by atoms with van der Waals surface area (Å²) in [5.41, 5.74) is 4.15. The van der Waals surface area contributed by atoms with Crippen molar-refractivity contribution in [1.82, 2.24) is 0 Å². The molecule has 0 atom stereocenters. The van der Waals surface area contributed by atoms with Gasteiger partial charge in [-0.3, -0.25) is 0 Å². The predicted molar refractivity (Wildman–Crippen MR) is 48.4 cm³/mol. The summed E-state index contributed by atoms with van der Waals surface area (Å²) in [5.74, 6) is 0. The van der Waals surface area contributed by atoms with Crippen molar-refractivity contribution < 1.29 is 4.74 Å². The van der Waals surface area contributed by atoms with Gasteiger partial charge < -0.3 is 4.74 Å². The average Bonchev–Trinajstić information content (AvgIpc) is 1.96. The summed E-state index contributed by atoms with van der Waals surface area (Å²) in [6, 6.07) is 0. The van der Waals surface area contributed by atoms with E-state index in [0.29, 0.717) is 0 Å². The Morgan fingerprint density at radius 3 is 2.64 bits per heavy atom. The topological polar surface area (TPSA) is 9.23 Å². The SMILES string of the molecule is CCCCCOC=C=C(C)C. The molecule has 0 aromatic carbocycles. The van der Waals surface area contributed by atoms with Gasteiger partial charge in [-0.2, -0.15) is 0 Å². The fourth-order valence-electron chi connectivity index (χ4n) is 0.654. The Labute approximate surface area is 69.8 Å². The van der Waals surface area contributed by atoms with Crippen molar-refractivity contribution in [1.29, 1.82) is 0 Å². The number of rotatable bonds is 5. The minimum atomic E-state index is 0.828. The molecule has 0 N–H and O–H groups in total. The molecule has 0 amide bonds. The number of hydrogen-bond acceptors (Lipinski definition) is 1. The van der Waals surface area contributed by atoms with Gasteiger partial charge in [0.1, 0.15) is 6.26 Å². The van der Waals surface area contributed by atoms with E-state index in [1.54, 1.807) is 6.26 Å². The Morgan fingerprint density at radius 1 is 1.36 bits per heavy atom. The molecular formula is C10H18O. The average molecular weight is 154 g/mol. The molecule has 11 heavy (non-hydrogen) atoms. The van der Waals surface area contributed by atoms with Crippen LogP contribution in [0.15, 0.2) is 17.6 Å². The smallest absolute Gasteiger partial charge is 0.125 e. The summed E-state index contributed by atoms with van der Waals surface area (Å²) in [6.07, 6.45) is 5.31. The zero-order valence-electron chi connectivity index (χ0n) is 7.81. The lowest BCUT2D eigenvalue weighted by Gasteiger charge is -1.96. The lowest BCUT2D eigenvalue weighted by molar-refractivity contribution is 0.242. The molecule has 0 aromatic heterocycles. The Balaban J connectivity index is 3.21. The zero-order chi connectivity index (χ0) is 8.53. The van der Waals surface area contributed by atoms with Gasteiger partial charge in [0.2, 0.25) is 0 Å². The summed E-state index contributed by atoms with van der Waals surface area (Å²) < 4.78 is 5.19. The Hall–Kier alpha value is -0.680. The summed E-state index contributed by atoms with van der Waals surface area (Å²) >= 11 is 0. The van der Waals surface area contributed by atoms with Gasteiger partial charge in [0.05, 0.1) is 6.61 Å². The van der Waals surface area contributed by atoms with Crippen LogP contribution in [0.1, 0.15) is 40.0 Å². The normalized spacial score (nSPS) is 8.64. The van der Waals surface area contributed by atoms with Gasteiger partial charge in [-0.25, -0.2) is 0 Å². The molecule has 0 rings (SSSR count). The van der Waals surface area contributed by atoms with Crippen LogP contribution >= 0.6 is 0 Å². The lowest BCUT2D eigenvalue weighted by Crippen LogP contribution is -1.85. The minimum absolute atomic E-state index is 0.828. The van der Waals surface area contributed by atoms with E-state index in [0.717, 1.165) is 18.6 Å². The maximum Gasteiger partial charge on any atom is 0.125 e. The number of allylic oxidation sites excluding steroid dienone is 1. The van der Waals surface area contributed by atoms with E-state index in [1.807, 2.05) is 13.8 Å². The maximum atomic E-state index is 5.19. The van der Waals surface area contributed by atoms with Gasteiger partial charge in [-0.15, -0.1) is 0 Å². The summed E-state index contributed by atoms with van der Waals surface area (Å²) in [5, 5.41) is 0. The molecule has 0 aliphatic rings. The molecule has 0 saturated carbocycles. The van der Waals surface area contributed by atoms with E-state index in [9.17, 15) is 0 Å². The van der Waals surface area contributed by atoms with Crippen LogP contribution in [0.3, 0.4) is 0 Å². The third-order valence-electron chi connectivity index (χ3n) is 1.30. The molecule has 0 fully saturated rings. The van der Waals surface area contributed by atoms with E-state index >= 15 is 0 Å². The number of hydrogen-bond donors (Lipinski definition) is 0. The largest absolute Gasteiger partial charge is 0.493 e. The van der Waals surface area contributed by atoms with E-state index in [1.165, 1.54) is 12.8 Å². The first-order chi connectivity index (χ1) is 5.27. The molecule has 0 heterocycles. The van der Waals surface area contributed by atoms with Crippen LogP contribution in [0.5, 0.6) is 0 Å². The Kier molecular flexibility index (Phi) is 6.97. The third kappa shape index (κ3) is 9.32. The van der Waals surface area contributed by atoms with Crippen LogP contribution in [0.4, 0.5) is 0 Å². The highest BCUT2D eigenvalue weighted by atomic mass is 16.5. The first-order valence-electron chi connectivity index (χ1n) is 4.27. The molecule has 0 spiro atoms. The molecular weight excluding hydrogens is 136 g/mol. The second-order valence-corrected chi connectivity index (χ2v) is 2.84. The van der Waals surface area contributed by atoms with Gasteiger partial charge in [0, 0.05) is 0 Å². The number of ether oxygens (including phenoxy) is 1. The maximum absolute atomic E-state index is 5.19. The van der Waals surface area contributed by atoms with Gasteiger partial charge in [0.15, 0.2) is 0 Å². The highest BCUT2D eigenvalue weighted by molar-refractivity contribution is 4.90. The van der Waals surface area contributed by atoms with Crippen molar-refractivity contribution in [3.05, 3.63) is 17.6 Å². The zero-order valence-corrected chi connectivity index (χ0v) is 7.81. The second kappa shape index (κ2) is 7.43.